The summed E-state index contributed by atoms with van der Waals surface area (Å²) in [7, 11) is 4.32. The van der Waals surface area contributed by atoms with Crippen molar-refractivity contribution in [2.75, 3.05) is 27.9 Å². The van der Waals surface area contributed by atoms with Crippen molar-refractivity contribution in [1.82, 2.24) is 10.6 Å². The molecule has 0 aliphatic carbocycles. The highest BCUT2D eigenvalue weighted by Gasteiger charge is 2.20. The first kappa shape index (κ1) is 25.0. The van der Waals surface area contributed by atoms with E-state index in [0.717, 1.165) is 0 Å². The maximum atomic E-state index is 12.5. The van der Waals surface area contributed by atoms with Crippen molar-refractivity contribution in [3.05, 3.63) is 58.6 Å². The summed E-state index contributed by atoms with van der Waals surface area (Å²) in [4.78, 5) is 36.4. The van der Waals surface area contributed by atoms with E-state index in [1.807, 2.05) is 0 Å². The van der Waals surface area contributed by atoms with Crippen molar-refractivity contribution in [3.8, 4) is 11.5 Å². The summed E-state index contributed by atoms with van der Waals surface area (Å²) in [6.07, 6.45) is 0.568. The number of methoxy groups -OCH3 is 3. The molecule has 2 rings (SSSR count). The van der Waals surface area contributed by atoms with Crippen LogP contribution in [0.4, 0.5) is 0 Å². The van der Waals surface area contributed by atoms with Gasteiger partial charge in [0.1, 0.15) is 0 Å². The van der Waals surface area contributed by atoms with Crippen LogP contribution in [0.25, 0.3) is 0 Å². The van der Waals surface area contributed by atoms with Crippen LogP contribution in [0.3, 0.4) is 0 Å². The Balaban J connectivity index is 1.93. The number of halogens is 1. The zero-order valence-electron chi connectivity index (χ0n) is 18.3. The molecule has 0 radical (unpaired) electrons. The van der Waals surface area contributed by atoms with Crippen molar-refractivity contribution in [3.63, 3.8) is 0 Å². The number of amides is 2. The lowest BCUT2D eigenvalue weighted by Crippen LogP contribution is -2.31. The molecule has 2 aromatic rings. The van der Waals surface area contributed by atoms with Gasteiger partial charge in [0.05, 0.1) is 33.8 Å². The van der Waals surface area contributed by atoms with E-state index in [4.69, 9.17) is 25.8 Å². The molecule has 1 atom stereocenters. The van der Waals surface area contributed by atoms with Crippen LogP contribution in [0.2, 0.25) is 5.02 Å². The molecule has 0 saturated heterocycles. The number of ether oxygens (including phenoxy) is 3. The van der Waals surface area contributed by atoms with Gasteiger partial charge in [0.25, 0.3) is 5.91 Å². The second-order valence-electron chi connectivity index (χ2n) is 6.88. The third-order valence-corrected chi connectivity index (χ3v) is 4.97. The Hall–Kier alpha value is -3.26. The number of hydrogen-bond acceptors (Lipinski definition) is 6. The molecule has 0 spiro atoms. The highest BCUT2D eigenvalue weighted by atomic mass is 35.5. The molecule has 32 heavy (non-hydrogen) atoms. The molecule has 2 amide bonds. The molecule has 0 aromatic heterocycles. The summed E-state index contributed by atoms with van der Waals surface area (Å²) in [6, 6.07) is 11.1. The molecule has 0 heterocycles. The second-order valence-corrected chi connectivity index (χ2v) is 7.32. The van der Waals surface area contributed by atoms with E-state index in [1.165, 1.54) is 21.3 Å². The van der Waals surface area contributed by atoms with Gasteiger partial charge in [-0.2, -0.15) is 0 Å². The SMILES string of the molecule is COC(=O)CC(NC(=O)CCCNC(=O)c1ccc(Cl)cc1)c1ccc(OC)c(OC)c1. The quantitative estimate of drug-likeness (QED) is 0.392. The molecule has 9 heteroatoms. The first-order valence-electron chi connectivity index (χ1n) is 9.99. The minimum atomic E-state index is -0.599. The Kier molecular flexibility index (Phi) is 9.81. The number of hydrogen-bond donors (Lipinski definition) is 2. The normalized spacial score (nSPS) is 11.2. The highest BCUT2D eigenvalue weighted by Crippen LogP contribution is 2.31. The summed E-state index contributed by atoms with van der Waals surface area (Å²) in [6.45, 7) is 0.326. The third-order valence-electron chi connectivity index (χ3n) is 4.72. The molecule has 172 valence electrons. The van der Waals surface area contributed by atoms with Gasteiger partial charge in [0.2, 0.25) is 5.91 Å². The predicted molar refractivity (Wildman–Crippen MR) is 120 cm³/mol. The summed E-state index contributed by atoms with van der Waals surface area (Å²) in [5.74, 6) is 0.0700. The smallest absolute Gasteiger partial charge is 0.307 e. The van der Waals surface area contributed by atoms with Gasteiger partial charge in [0, 0.05) is 23.6 Å². The molecule has 2 aromatic carbocycles. The second kappa shape index (κ2) is 12.6. The Labute approximate surface area is 192 Å². The number of nitrogens with one attached hydrogen (secondary N) is 2. The van der Waals surface area contributed by atoms with Gasteiger partial charge in [-0.15, -0.1) is 0 Å². The third kappa shape index (κ3) is 7.46. The van der Waals surface area contributed by atoms with E-state index >= 15 is 0 Å². The Morgan fingerprint density at radius 1 is 0.969 bits per heavy atom. The Bertz CT molecular complexity index is 933. The summed E-state index contributed by atoms with van der Waals surface area (Å²) >= 11 is 5.82. The minimum Gasteiger partial charge on any atom is -0.493 e. The van der Waals surface area contributed by atoms with Crippen LogP contribution < -0.4 is 20.1 Å². The lowest BCUT2D eigenvalue weighted by molar-refractivity contribution is -0.141. The zero-order chi connectivity index (χ0) is 23.5. The van der Waals surface area contributed by atoms with Crippen LogP contribution in [0.1, 0.15) is 41.2 Å². The lowest BCUT2D eigenvalue weighted by Gasteiger charge is -2.20. The monoisotopic (exact) mass is 462 g/mol. The van der Waals surface area contributed by atoms with E-state index in [1.54, 1.807) is 42.5 Å². The number of esters is 1. The molecular formula is C23H27ClN2O6. The van der Waals surface area contributed by atoms with E-state index in [-0.39, 0.29) is 24.7 Å². The summed E-state index contributed by atoms with van der Waals surface area (Å²) in [5.41, 5.74) is 1.17. The molecule has 8 nitrogen and oxygen atoms in total. The number of carbonyl (C=O) groups excluding carboxylic acids is 3. The van der Waals surface area contributed by atoms with Gasteiger partial charge in [-0.1, -0.05) is 17.7 Å². The average molecular weight is 463 g/mol. The van der Waals surface area contributed by atoms with Gasteiger partial charge in [-0.3, -0.25) is 14.4 Å². The van der Waals surface area contributed by atoms with E-state index < -0.39 is 12.0 Å². The maximum absolute atomic E-state index is 12.5. The van der Waals surface area contributed by atoms with Gasteiger partial charge in [-0.05, 0) is 48.4 Å². The molecule has 0 fully saturated rings. The van der Waals surface area contributed by atoms with Crippen molar-refractivity contribution in [2.45, 2.75) is 25.3 Å². The van der Waals surface area contributed by atoms with Crippen molar-refractivity contribution >= 4 is 29.4 Å². The summed E-state index contributed by atoms with van der Waals surface area (Å²) in [5, 5.41) is 6.16. The van der Waals surface area contributed by atoms with Gasteiger partial charge in [0.15, 0.2) is 11.5 Å². The fourth-order valence-electron chi connectivity index (χ4n) is 2.99. The lowest BCUT2D eigenvalue weighted by atomic mass is 10.0. The summed E-state index contributed by atoms with van der Waals surface area (Å²) < 4.78 is 15.3. The van der Waals surface area contributed by atoms with Crippen LogP contribution in [0, 0.1) is 0 Å². The molecule has 0 saturated carbocycles. The van der Waals surface area contributed by atoms with Crippen molar-refractivity contribution < 1.29 is 28.6 Å². The van der Waals surface area contributed by atoms with Gasteiger partial charge < -0.3 is 24.8 Å². The Morgan fingerprint density at radius 3 is 2.28 bits per heavy atom. The molecule has 0 aliphatic rings. The van der Waals surface area contributed by atoms with Gasteiger partial charge >= 0.3 is 5.97 Å². The first-order chi connectivity index (χ1) is 15.4. The fourth-order valence-corrected chi connectivity index (χ4v) is 3.12. The van der Waals surface area contributed by atoms with Crippen molar-refractivity contribution in [2.24, 2.45) is 0 Å². The highest BCUT2D eigenvalue weighted by molar-refractivity contribution is 6.30. The molecule has 1 unspecified atom stereocenters. The molecule has 0 aliphatic heterocycles. The predicted octanol–water partition coefficient (Wildman–Crippen LogP) is 3.29. The van der Waals surface area contributed by atoms with Crippen LogP contribution in [0.5, 0.6) is 11.5 Å². The first-order valence-corrected chi connectivity index (χ1v) is 10.4. The molecular weight excluding hydrogens is 436 g/mol. The minimum absolute atomic E-state index is 0.0367. The van der Waals surface area contributed by atoms with E-state index in [2.05, 4.69) is 10.6 Å². The van der Waals surface area contributed by atoms with Crippen molar-refractivity contribution in [1.29, 1.82) is 0 Å². The number of carbonyl (C=O) groups is 3. The number of rotatable bonds is 11. The largest absolute Gasteiger partial charge is 0.493 e. The Morgan fingerprint density at radius 2 is 1.66 bits per heavy atom. The topological polar surface area (TPSA) is 103 Å². The van der Waals surface area contributed by atoms with E-state index in [0.29, 0.717) is 40.6 Å². The standard InChI is InChI=1S/C23H27ClN2O6/c1-30-19-11-8-16(13-20(19)31-2)18(14-22(28)32-3)26-21(27)5-4-12-25-23(29)15-6-9-17(24)10-7-15/h6-11,13,18H,4-5,12,14H2,1-3H3,(H,25,29)(H,26,27). The fraction of sp³-hybridized carbons (Fsp3) is 0.348. The zero-order valence-corrected chi connectivity index (χ0v) is 19.0. The van der Waals surface area contributed by atoms with Crippen LogP contribution in [-0.4, -0.2) is 45.7 Å². The van der Waals surface area contributed by atoms with E-state index in [9.17, 15) is 14.4 Å². The van der Waals surface area contributed by atoms with Gasteiger partial charge in [-0.25, -0.2) is 0 Å². The van der Waals surface area contributed by atoms with Crippen LogP contribution in [-0.2, 0) is 14.3 Å². The average Bonchev–Trinajstić information content (AvgIpc) is 2.81. The number of benzene rings is 2. The van der Waals surface area contributed by atoms with Crippen LogP contribution in [0.15, 0.2) is 42.5 Å². The van der Waals surface area contributed by atoms with Crippen LogP contribution >= 0.6 is 11.6 Å². The maximum Gasteiger partial charge on any atom is 0.307 e. The molecule has 0 bridgehead atoms. The molecule has 2 N–H and O–H groups in total.